The van der Waals surface area contributed by atoms with Crippen LogP contribution >= 0.6 is 11.3 Å². The Morgan fingerprint density at radius 3 is 2.74 bits per heavy atom. The van der Waals surface area contributed by atoms with Gasteiger partial charge in [0.25, 0.3) is 0 Å². The van der Waals surface area contributed by atoms with E-state index in [0.29, 0.717) is 13.0 Å². The molecule has 0 unspecified atom stereocenters. The maximum absolute atomic E-state index is 13.0. The fourth-order valence-electron chi connectivity index (χ4n) is 5.60. The van der Waals surface area contributed by atoms with Crippen molar-refractivity contribution in [1.82, 2.24) is 25.0 Å². The summed E-state index contributed by atoms with van der Waals surface area (Å²) in [6.45, 7) is 5.45. The zero-order valence-electron chi connectivity index (χ0n) is 19.8. The van der Waals surface area contributed by atoms with Gasteiger partial charge in [-0.05, 0) is 43.5 Å². The Bertz CT molecular complexity index is 963. The largest absolute Gasteiger partial charge is 0.353 e. The molecular weight excluding hydrogens is 448 g/mol. The first-order chi connectivity index (χ1) is 16.6. The number of likely N-dealkylation sites (tertiary alicyclic amines) is 1. The SMILES string of the molecule is CN1[C@@H](CCC(=O)N2CCN(c3ccccn3)CC2)CNC(=O)[C@@H]2[C@H]1CCN2Cc1cccs1. The summed E-state index contributed by atoms with van der Waals surface area (Å²) in [4.78, 5) is 40.6. The molecule has 8 nitrogen and oxygen atoms in total. The van der Waals surface area contributed by atoms with E-state index in [9.17, 15) is 9.59 Å². The summed E-state index contributed by atoms with van der Waals surface area (Å²) >= 11 is 1.74. The van der Waals surface area contributed by atoms with Gasteiger partial charge < -0.3 is 15.1 Å². The normalized spacial score (nSPS) is 26.3. The second kappa shape index (κ2) is 10.4. The van der Waals surface area contributed by atoms with Crippen molar-refractivity contribution in [2.24, 2.45) is 0 Å². The smallest absolute Gasteiger partial charge is 0.239 e. The van der Waals surface area contributed by atoms with Crippen molar-refractivity contribution in [3.8, 4) is 0 Å². The van der Waals surface area contributed by atoms with Crippen LogP contribution in [-0.4, -0.2) is 95.9 Å². The number of nitrogens with zero attached hydrogens (tertiary/aromatic N) is 5. The number of amides is 2. The van der Waals surface area contributed by atoms with E-state index in [1.54, 1.807) is 11.3 Å². The molecule has 5 rings (SSSR count). The molecule has 0 bridgehead atoms. The molecule has 2 aromatic rings. The Kier molecular flexibility index (Phi) is 7.12. The van der Waals surface area contributed by atoms with E-state index in [1.165, 1.54) is 4.88 Å². The molecule has 0 spiro atoms. The summed E-state index contributed by atoms with van der Waals surface area (Å²) in [6, 6.07) is 10.4. The van der Waals surface area contributed by atoms with Gasteiger partial charge in [0.1, 0.15) is 11.9 Å². The topological polar surface area (TPSA) is 72.0 Å². The molecule has 0 aliphatic carbocycles. The molecule has 182 valence electrons. The zero-order chi connectivity index (χ0) is 23.5. The van der Waals surface area contributed by atoms with Gasteiger partial charge in [0.05, 0.1) is 0 Å². The first-order valence-corrected chi connectivity index (χ1v) is 13.2. The first kappa shape index (κ1) is 23.3. The molecule has 3 aliphatic heterocycles. The summed E-state index contributed by atoms with van der Waals surface area (Å²) < 4.78 is 0. The summed E-state index contributed by atoms with van der Waals surface area (Å²) in [5.74, 6) is 1.32. The van der Waals surface area contributed by atoms with Gasteiger partial charge in [0.2, 0.25) is 11.8 Å². The van der Waals surface area contributed by atoms with Gasteiger partial charge in [-0.25, -0.2) is 4.98 Å². The number of thiophene rings is 1. The highest BCUT2D eigenvalue weighted by Gasteiger charge is 2.45. The van der Waals surface area contributed by atoms with Gasteiger partial charge >= 0.3 is 0 Å². The number of carbonyl (C=O) groups excluding carboxylic acids is 2. The van der Waals surface area contributed by atoms with E-state index in [-0.39, 0.29) is 29.9 Å². The van der Waals surface area contributed by atoms with E-state index in [4.69, 9.17) is 0 Å². The van der Waals surface area contributed by atoms with Gasteiger partial charge in [-0.2, -0.15) is 0 Å². The van der Waals surface area contributed by atoms with E-state index in [0.717, 1.165) is 57.9 Å². The second-order valence-electron chi connectivity index (χ2n) is 9.51. The van der Waals surface area contributed by atoms with Crippen LogP contribution in [0.25, 0.3) is 0 Å². The van der Waals surface area contributed by atoms with Gasteiger partial charge in [0, 0.05) is 75.4 Å². The summed E-state index contributed by atoms with van der Waals surface area (Å²) in [7, 11) is 2.13. The lowest BCUT2D eigenvalue weighted by molar-refractivity contribution is -0.132. The highest BCUT2D eigenvalue weighted by Crippen LogP contribution is 2.29. The van der Waals surface area contributed by atoms with Crippen LogP contribution in [0.5, 0.6) is 0 Å². The number of hydrogen-bond acceptors (Lipinski definition) is 7. The number of likely N-dealkylation sites (N-methyl/N-ethyl adjacent to an activating group) is 1. The average Bonchev–Trinajstić information content (AvgIpc) is 3.52. The molecule has 3 atom stereocenters. The molecule has 0 radical (unpaired) electrons. The van der Waals surface area contributed by atoms with Crippen molar-refractivity contribution in [2.75, 3.05) is 51.2 Å². The van der Waals surface area contributed by atoms with Crippen LogP contribution in [0.3, 0.4) is 0 Å². The van der Waals surface area contributed by atoms with Gasteiger partial charge in [-0.1, -0.05) is 12.1 Å². The minimum Gasteiger partial charge on any atom is -0.353 e. The lowest BCUT2D eigenvalue weighted by Gasteiger charge is -2.36. The maximum Gasteiger partial charge on any atom is 0.239 e. The number of pyridine rings is 1. The van der Waals surface area contributed by atoms with Crippen molar-refractivity contribution >= 4 is 29.0 Å². The lowest BCUT2D eigenvalue weighted by atomic mass is 10.0. The van der Waals surface area contributed by atoms with Crippen molar-refractivity contribution in [2.45, 2.75) is 43.9 Å². The highest BCUT2D eigenvalue weighted by molar-refractivity contribution is 7.09. The molecular formula is C25H34N6O2S. The summed E-state index contributed by atoms with van der Waals surface area (Å²) in [6.07, 6.45) is 4.08. The fourth-order valence-corrected chi connectivity index (χ4v) is 6.33. The third kappa shape index (κ3) is 4.96. The molecule has 5 heterocycles. The predicted octanol–water partition coefficient (Wildman–Crippen LogP) is 1.65. The van der Waals surface area contributed by atoms with Gasteiger partial charge in [-0.15, -0.1) is 11.3 Å². The first-order valence-electron chi connectivity index (χ1n) is 12.3. The Morgan fingerprint density at radius 2 is 2.00 bits per heavy atom. The Labute approximate surface area is 205 Å². The minimum atomic E-state index is -0.118. The van der Waals surface area contributed by atoms with Crippen LogP contribution in [0.15, 0.2) is 41.9 Å². The van der Waals surface area contributed by atoms with Crippen molar-refractivity contribution in [3.05, 3.63) is 46.8 Å². The third-order valence-corrected chi connectivity index (χ3v) is 8.45. The van der Waals surface area contributed by atoms with Crippen molar-refractivity contribution in [3.63, 3.8) is 0 Å². The Balaban J connectivity index is 1.13. The molecule has 3 fully saturated rings. The molecule has 3 saturated heterocycles. The van der Waals surface area contributed by atoms with Crippen LogP contribution in [-0.2, 0) is 16.1 Å². The van der Waals surface area contributed by atoms with Gasteiger partial charge in [-0.3, -0.25) is 19.4 Å². The number of rotatable bonds is 6. The molecule has 0 saturated carbocycles. The molecule has 0 aromatic carbocycles. The molecule has 34 heavy (non-hydrogen) atoms. The second-order valence-corrected chi connectivity index (χ2v) is 10.5. The van der Waals surface area contributed by atoms with Crippen LogP contribution in [0, 0.1) is 0 Å². The summed E-state index contributed by atoms with van der Waals surface area (Å²) in [5, 5.41) is 5.27. The van der Waals surface area contributed by atoms with Crippen LogP contribution in [0.2, 0.25) is 0 Å². The number of carbonyl (C=O) groups is 2. The minimum absolute atomic E-state index is 0.118. The van der Waals surface area contributed by atoms with Crippen molar-refractivity contribution in [1.29, 1.82) is 0 Å². The quantitative estimate of drug-likeness (QED) is 0.675. The van der Waals surface area contributed by atoms with Crippen molar-refractivity contribution < 1.29 is 9.59 Å². The predicted molar refractivity (Wildman–Crippen MR) is 134 cm³/mol. The molecule has 2 amide bonds. The number of piperazine rings is 1. The molecule has 1 N–H and O–H groups in total. The molecule has 9 heteroatoms. The Morgan fingerprint density at radius 1 is 1.15 bits per heavy atom. The highest BCUT2D eigenvalue weighted by atomic mass is 32.1. The Hall–Kier alpha value is -2.49. The summed E-state index contributed by atoms with van der Waals surface area (Å²) in [5.41, 5.74) is 0. The standard InChI is InChI=1S/C25H34N6O2S/c1-28-19(7-8-23(32)30-14-12-29(13-15-30)22-6-2-3-10-26-22)17-27-25(33)24-21(28)9-11-31(24)18-20-5-4-16-34-20/h2-6,10,16,19,21,24H,7-9,11-15,17-18H2,1H3,(H,27,33)/t19-,21+,24-/m0/s1. The number of nitrogens with one attached hydrogen (secondary N) is 1. The van der Waals surface area contributed by atoms with Crippen LogP contribution in [0.4, 0.5) is 5.82 Å². The molecule has 3 aliphatic rings. The lowest BCUT2D eigenvalue weighted by Crippen LogP contribution is -2.50. The number of fused-ring (bicyclic) bond motifs is 1. The monoisotopic (exact) mass is 482 g/mol. The van der Waals surface area contributed by atoms with E-state index >= 15 is 0 Å². The van der Waals surface area contributed by atoms with E-state index in [1.807, 2.05) is 29.3 Å². The third-order valence-electron chi connectivity index (χ3n) is 7.59. The number of anilines is 1. The zero-order valence-corrected chi connectivity index (χ0v) is 20.6. The number of aromatic nitrogens is 1. The van der Waals surface area contributed by atoms with E-state index in [2.05, 4.69) is 49.6 Å². The van der Waals surface area contributed by atoms with Crippen LogP contribution < -0.4 is 10.2 Å². The fraction of sp³-hybridized carbons (Fsp3) is 0.560. The van der Waals surface area contributed by atoms with Gasteiger partial charge in [0.15, 0.2) is 0 Å². The maximum atomic E-state index is 13.0. The van der Waals surface area contributed by atoms with E-state index < -0.39 is 0 Å². The molecule has 2 aromatic heterocycles. The average molecular weight is 483 g/mol. The number of hydrogen-bond donors (Lipinski definition) is 1. The van der Waals surface area contributed by atoms with Crippen LogP contribution in [0.1, 0.15) is 24.1 Å².